The summed E-state index contributed by atoms with van der Waals surface area (Å²) in [6.07, 6.45) is 1.08. The average Bonchev–Trinajstić information content (AvgIpc) is 2.86. The van der Waals surface area contributed by atoms with Gasteiger partial charge < -0.3 is 9.84 Å². The molecule has 0 radical (unpaired) electrons. The Morgan fingerprint density at radius 2 is 2.15 bits per heavy atom. The van der Waals surface area contributed by atoms with Gasteiger partial charge in [-0.2, -0.15) is 17.4 Å². The molecular weight excluding hydrogens is 284 g/mol. The molecule has 1 aliphatic rings. The molecule has 0 saturated carbocycles. The first-order chi connectivity index (χ1) is 9.33. The number of aliphatic hydroxyl groups excluding tert-OH is 1. The maximum atomic E-state index is 12.3. The summed E-state index contributed by atoms with van der Waals surface area (Å²) in [5.41, 5.74) is 0. The molecule has 0 aromatic rings. The van der Waals surface area contributed by atoms with Gasteiger partial charge in [-0.05, 0) is 25.7 Å². The van der Waals surface area contributed by atoms with Crippen LogP contribution in [-0.2, 0) is 19.7 Å². The molecule has 1 fully saturated rings. The summed E-state index contributed by atoms with van der Waals surface area (Å²) in [5.74, 6) is -0.557. The minimum Gasteiger partial charge on any atom is -0.465 e. The van der Waals surface area contributed by atoms with Crippen molar-refractivity contribution in [2.45, 2.75) is 45.7 Å². The van der Waals surface area contributed by atoms with Crippen molar-refractivity contribution in [2.75, 3.05) is 19.8 Å². The summed E-state index contributed by atoms with van der Waals surface area (Å²) in [4.78, 5) is 11.8. The first-order valence-electron chi connectivity index (χ1n) is 6.90. The maximum absolute atomic E-state index is 12.3. The molecule has 2 atom stereocenters. The summed E-state index contributed by atoms with van der Waals surface area (Å²) < 4.78 is 33.1. The Morgan fingerprint density at radius 3 is 2.65 bits per heavy atom. The highest BCUT2D eigenvalue weighted by Gasteiger charge is 2.40. The standard InChI is InChI=1S/C12H24N2O5S/c1-4-19-12(16)11-6-5-7-14(11)20(17,18)13-10(8-15)9(2)3/h9-11,13,15H,4-8H2,1-3H3. The molecule has 20 heavy (non-hydrogen) atoms. The fourth-order valence-electron chi connectivity index (χ4n) is 2.15. The zero-order valence-corrected chi connectivity index (χ0v) is 13.0. The lowest BCUT2D eigenvalue weighted by molar-refractivity contribution is -0.146. The predicted molar refractivity (Wildman–Crippen MR) is 74.1 cm³/mol. The Balaban J connectivity index is 2.82. The van der Waals surface area contributed by atoms with E-state index < -0.39 is 28.3 Å². The second kappa shape index (κ2) is 7.35. The topological polar surface area (TPSA) is 95.9 Å². The molecule has 2 N–H and O–H groups in total. The van der Waals surface area contributed by atoms with Gasteiger partial charge in [0, 0.05) is 12.6 Å². The van der Waals surface area contributed by atoms with E-state index in [1.54, 1.807) is 6.92 Å². The number of carbonyl (C=O) groups is 1. The van der Waals surface area contributed by atoms with Crippen molar-refractivity contribution in [3.05, 3.63) is 0 Å². The van der Waals surface area contributed by atoms with Crippen molar-refractivity contribution in [3.63, 3.8) is 0 Å². The first kappa shape index (κ1) is 17.4. The van der Waals surface area contributed by atoms with Crippen molar-refractivity contribution >= 4 is 16.2 Å². The third-order valence-corrected chi connectivity index (χ3v) is 5.03. The highest BCUT2D eigenvalue weighted by molar-refractivity contribution is 7.87. The molecule has 8 heteroatoms. The number of aliphatic hydroxyl groups is 1. The third-order valence-electron chi connectivity index (χ3n) is 3.37. The SMILES string of the molecule is CCOC(=O)C1CCCN1S(=O)(=O)NC(CO)C(C)C. The minimum atomic E-state index is -3.81. The lowest BCUT2D eigenvalue weighted by Crippen LogP contribution is -2.51. The Labute approximate surface area is 120 Å². The van der Waals surface area contributed by atoms with E-state index in [1.165, 1.54) is 0 Å². The van der Waals surface area contributed by atoms with Crippen molar-refractivity contribution < 1.29 is 23.1 Å². The average molecular weight is 308 g/mol. The number of esters is 1. The van der Waals surface area contributed by atoms with E-state index in [0.717, 1.165) is 4.31 Å². The van der Waals surface area contributed by atoms with Gasteiger partial charge in [-0.3, -0.25) is 4.79 Å². The van der Waals surface area contributed by atoms with Gasteiger partial charge in [-0.1, -0.05) is 13.8 Å². The van der Waals surface area contributed by atoms with Gasteiger partial charge in [0.05, 0.1) is 13.2 Å². The molecule has 0 aromatic heterocycles. The lowest BCUT2D eigenvalue weighted by Gasteiger charge is -2.27. The first-order valence-corrected chi connectivity index (χ1v) is 8.34. The highest BCUT2D eigenvalue weighted by Crippen LogP contribution is 2.22. The number of hydrogen-bond donors (Lipinski definition) is 2. The van der Waals surface area contributed by atoms with Crippen LogP contribution in [0.4, 0.5) is 0 Å². The fraction of sp³-hybridized carbons (Fsp3) is 0.917. The molecule has 0 amide bonds. The summed E-state index contributed by atoms with van der Waals surface area (Å²) in [7, 11) is -3.81. The van der Waals surface area contributed by atoms with Crippen LogP contribution in [0.3, 0.4) is 0 Å². The molecule has 1 rings (SSSR count). The zero-order chi connectivity index (χ0) is 15.3. The molecule has 7 nitrogen and oxygen atoms in total. The van der Waals surface area contributed by atoms with Gasteiger partial charge in [0.15, 0.2) is 0 Å². The lowest BCUT2D eigenvalue weighted by atomic mass is 10.1. The van der Waals surface area contributed by atoms with Gasteiger partial charge in [0.25, 0.3) is 10.2 Å². The number of hydrogen-bond acceptors (Lipinski definition) is 5. The molecule has 1 aliphatic heterocycles. The van der Waals surface area contributed by atoms with Crippen LogP contribution in [-0.4, -0.2) is 55.6 Å². The summed E-state index contributed by atoms with van der Waals surface area (Å²) in [6, 6.07) is -1.33. The zero-order valence-electron chi connectivity index (χ0n) is 12.2. The minimum absolute atomic E-state index is 0.0431. The Morgan fingerprint density at radius 1 is 1.50 bits per heavy atom. The van der Waals surface area contributed by atoms with E-state index in [9.17, 15) is 18.3 Å². The van der Waals surface area contributed by atoms with Crippen LogP contribution in [0.25, 0.3) is 0 Å². The van der Waals surface area contributed by atoms with E-state index in [2.05, 4.69) is 4.72 Å². The largest absolute Gasteiger partial charge is 0.465 e. The smallest absolute Gasteiger partial charge is 0.324 e. The van der Waals surface area contributed by atoms with Crippen molar-refractivity contribution in [1.29, 1.82) is 0 Å². The van der Waals surface area contributed by atoms with Gasteiger partial charge in [-0.15, -0.1) is 0 Å². The number of nitrogens with zero attached hydrogens (tertiary/aromatic N) is 1. The Kier molecular flexibility index (Phi) is 6.38. The molecule has 0 aromatic carbocycles. The van der Waals surface area contributed by atoms with E-state index in [4.69, 9.17) is 4.74 Å². The normalized spacial score (nSPS) is 22.1. The maximum Gasteiger partial charge on any atom is 0.324 e. The van der Waals surface area contributed by atoms with E-state index in [0.29, 0.717) is 12.8 Å². The number of rotatable bonds is 7. The van der Waals surface area contributed by atoms with Crippen molar-refractivity contribution in [1.82, 2.24) is 9.03 Å². The molecule has 118 valence electrons. The van der Waals surface area contributed by atoms with E-state index in [1.807, 2.05) is 13.8 Å². The number of nitrogens with one attached hydrogen (secondary N) is 1. The molecule has 0 bridgehead atoms. The van der Waals surface area contributed by atoms with Crippen LogP contribution in [0.1, 0.15) is 33.6 Å². The molecule has 0 aliphatic carbocycles. The van der Waals surface area contributed by atoms with E-state index in [-0.39, 0.29) is 25.7 Å². The molecule has 1 heterocycles. The van der Waals surface area contributed by atoms with Gasteiger partial charge in [0.1, 0.15) is 6.04 Å². The van der Waals surface area contributed by atoms with Crippen LogP contribution in [0.2, 0.25) is 0 Å². The van der Waals surface area contributed by atoms with Crippen LogP contribution in [0.5, 0.6) is 0 Å². The summed E-state index contributed by atoms with van der Waals surface area (Å²) >= 11 is 0. The molecule has 0 spiro atoms. The molecule has 1 saturated heterocycles. The second-order valence-electron chi connectivity index (χ2n) is 5.18. The van der Waals surface area contributed by atoms with Gasteiger partial charge in [-0.25, -0.2) is 0 Å². The number of ether oxygens (including phenoxy) is 1. The van der Waals surface area contributed by atoms with Crippen LogP contribution >= 0.6 is 0 Å². The molecule has 2 unspecified atom stereocenters. The van der Waals surface area contributed by atoms with Gasteiger partial charge >= 0.3 is 5.97 Å². The fourth-order valence-corrected chi connectivity index (χ4v) is 3.91. The summed E-state index contributed by atoms with van der Waals surface area (Å²) in [5, 5.41) is 9.22. The van der Waals surface area contributed by atoms with Crippen LogP contribution in [0, 0.1) is 5.92 Å². The van der Waals surface area contributed by atoms with E-state index >= 15 is 0 Å². The van der Waals surface area contributed by atoms with Crippen LogP contribution in [0.15, 0.2) is 0 Å². The van der Waals surface area contributed by atoms with Crippen molar-refractivity contribution in [3.8, 4) is 0 Å². The predicted octanol–water partition coefficient (Wildman–Crippen LogP) is -0.135. The third kappa shape index (κ3) is 4.15. The van der Waals surface area contributed by atoms with Gasteiger partial charge in [0.2, 0.25) is 0 Å². The Bertz CT molecular complexity index is 424. The molecular formula is C12H24N2O5S. The highest BCUT2D eigenvalue weighted by atomic mass is 32.2. The van der Waals surface area contributed by atoms with Crippen molar-refractivity contribution in [2.24, 2.45) is 5.92 Å². The number of carbonyl (C=O) groups excluding carboxylic acids is 1. The second-order valence-corrected chi connectivity index (χ2v) is 6.83. The van der Waals surface area contributed by atoms with Crippen LogP contribution < -0.4 is 4.72 Å². The summed E-state index contributed by atoms with van der Waals surface area (Å²) in [6.45, 7) is 5.54. The monoisotopic (exact) mass is 308 g/mol. The Hall–Kier alpha value is -0.700. The quantitative estimate of drug-likeness (QED) is 0.639.